The molecule has 0 fully saturated rings. The number of carbonyl (C=O) groups is 2. The van der Waals surface area contributed by atoms with Crippen LogP contribution in [0.15, 0.2) is 67.0 Å². The lowest BCUT2D eigenvalue weighted by molar-refractivity contribution is -0.115. The Balaban J connectivity index is 1.57. The topological polar surface area (TPSA) is 94.8 Å². The van der Waals surface area contributed by atoms with Crippen molar-refractivity contribution in [2.75, 3.05) is 19.0 Å². The average Bonchev–Trinajstić information content (AvgIpc) is 3.24. The summed E-state index contributed by atoms with van der Waals surface area (Å²) in [6.45, 7) is 2.02. The van der Waals surface area contributed by atoms with Gasteiger partial charge in [0.1, 0.15) is 11.3 Å². The van der Waals surface area contributed by atoms with Gasteiger partial charge in [0.05, 0.1) is 32.0 Å². The molecule has 8 heteroatoms. The highest BCUT2D eigenvalue weighted by atomic mass is 16.5. The third-order valence-corrected chi connectivity index (χ3v) is 4.84. The Morgan fingerprint density at radius 2 is 1.94 bits per heavy atom. The summed E-state index contributed by atoms with van der Waals surface area (Å²) in [5.41, 5.74) is 3.77. The van der Waals surface area contributed by atoms with Gasteiger partial charge in [-0.15, -0.1) is 0 Å². The van der Waals surface area contributed by atoms with Gasteiger partial charge in [-0.1, -0.05) is 24.3 Å². The molecule has 32 heavy (non-hydrogen) atoms. The highest BCUT2D eigenvalue weighted by molar-refractivity contribution is 5.96. The first kappa shape index (κ1) is 21.0. The number of hydrogen-bond donors (Lipinski definition) is 1. The molecule has 1 amide bonds. The summed E-state index contributed by atoms with van der Waals surface area (Å²) in [6.07, 6.45) is 3.29. The van der Waals surface area contributed by atoms with Crippen LogP contribution in [0.1, 0.15) is 22.8 Å². The molecule has 0 bridgehead atoms. The van der Waals surface area contributed by atoms with Gasteiger partial charge < -0.3 is 14.8 Å². The van der Waals surface area contributed by atoms with Gasteiger partial charge in [-0.25, -0.2) is 14.3 Å². The predicted octanol–water partition coefficient (Wildman–Crippen LogP) is 3.76. The molecule has 4 aromatic rings. The number of nitrogens with zero attached hydrogens (tertiary/aromatic N) is 3. The Morgan fingerprint density at radius 1 is 1.09 bits per heavy atom. The van der Waals surface area contributed by atoms with E-state index in [-0.39, 0.29) is 18.9 Å². The van der Waals surface area contributed by atoms with E-state index < -0.39 is 5.97 Å². The number of benzene rings is 2. The van der Waals surface area contributed by atoms with Crippen LogP contribution in [0.4, 0.5) is 5.69 Å². The van der Waals surface area contributed by atoms with Gasteiger partial charge in [-0.05, 0) is 42.8 Å². The summed E-state index contributed by atoms with van der Waals surface area (Å²) in [5, 5.41) is 7.24. The van der Waals surface area contributed by atoms with E-state index in [1.807, 2.05) is 48.5 Å². The summed E-state index contributed by atoms with van der Waals surface area (Å²) in [5.74, 6) is 0.102. The maximum atomic E-state index is 12.6. The molecule has 0 saturated carbocycles. The molecular formula is C24H22N4O4. The molecule has 0 unspecified atom stereocenters. The summed E-state index contributed by atoms with van der Waals surface area (Å²) in [6, 6.07) is 16.6. The lowest BCUT2D eigenvalue weighted by Crippen LogP contribution is -2.14. The Kier molecular flexibility index (Phi) is 6.12. The number of rotatable bonds is 7. The van der Waals surface area contributed by atoms with Crippen LogP contribution in [0, 0.1) is 0 Å². The van der Waals surface area contributed by atoms with E-state index in [1.165, 1.54) is 6.20 Å². The molecule has 0 aliphatic rings. The van der Waals surface area contributed by atoms with Crippen LogP contribution in [0.5, 0.6) is 5.75 Å². The summed E-state index contributed by atoms with van der Waals surface area (Å²) in [4.78, 5) is 29.0. The molecule has 0 aliphatic heterocycles. The Bertz CT molecular complexity index is 1280. The van der Waals surface area contributed by atoms with Crippen LogP contribution in [0.3, 0.4) is 0 Å². The van der Waals surface area contributed by atoms with Crippen molar-refractivity contribution in [3.63, 3.8) is 0 Å². The van der Waals surface area contributed by atoms with E-state index in [0.29, 0.717) is 22.6 Å². The third-order valence-electron chi connectivity index (χ3n) is 4.84. The summed E-state index contributed by atoms with van der Waals surface area (Å²) in [7, 11) is 1.59. The number of fused-ring (bicyclic) bond motifs is 1. The fourth-order valence-corrected chi connectivity index (χ4v) is 3.39. The van der Waals surface area contributed by atoms with Gasteiger partial charge in [0.2, 0.25) is 5.91 Å². The molecule has 1 N–H and O–H groups in total. The number of amides is 1. The van der Waals surface area contributed by atoms with Gasteiger partial charge in [-0.2, -0.15) is 5.10 Å². The molecule has 2 heterocycles. The fraction of sp³-hybridized carbons (Fsp3) is 0.167. The van der Waals surface area contributed by atoms with Gasteiger partial charge in [0.15, 0.2) is 5.65 Å². The van der Waals surface area contributed by atoms with Crippen LogP contribution in [0.2, 0.25) is 0 Å². The number of nitrogens with one attached hydrogen (secondary N) is 1. The quantitative estimate of drug-likeness (QED) is 0.449. The average molecular weight is 430 g/mol. The molecule has 4 rings (SSSR count). The number of methoxy groups -OCH3 is 1. The Hall–Kier alpha value is -4.20. The Morgan fingerprint density at radius 3 is 2.75 bits per heavy atom. The first-order valence-electron chi connectivity index (χ1n) is 10.1. The lowest BCUT2D eigenvalue weighted by atomic mass is 10.1. The van der Waals surface area contributed by atoms with E-state index >= 15 is 0 Å². The van der Waals surface area contributed by atoms with Crippen LogP contribution < -0.4 is 10.1 Å². The first-order chi connectivity index (χ1) is 15.6. The maximum Gasteiger partial charge on any atom is 0.343 e. The van der Waals surface area contributed by atoms with E-state index in [4.69, 9.17) is 9.47 Å². The highest BCUT2D eigenvalue weighted by Gasteiger charge is 2.17. The largest absolute Gasteiger partial charge is 0.497 e. The second kappa shape index (κ2) is 9.30. The zero-order valence-electron chi connectivity index (χ0n) is 17.7. The van der Waals surface area contributed by atoms with Crippen molar-refractivity contribution in [1.82, 2.24) is 14.6 Å². The van der Waals surface area contributed by atoms with Crippen LogP contribution in [0.25, 0.3) is 16.9 Å². The van der Waals surface area contributed by atoms with E-state index in [2.05, 4.69) is 15.4 Å². The zero-order valence-corrected chi connectivity index (χ0v) is 17.7. The van der Waals surface area contributed by atoms with Crippen LogP contribution >= 0.6 is 0 Å². The lowest BCUT2D eigenvalue weighted by Gasteiger charge is -2.09. The van der Waals surface area contributed by atoms with Gasteiger partial charge in [0.25, 0.3) is 0 Å². The number of hydrogen-bond acceptors (Lipinski definition) is 6. The van der Waals surface area contributed by atoms with Crippen molar-refractivity contribution >= 4 is 23.2 Å². The normalized spacial score (nSPS) is 10.7. The standard InChI is InChI=1S/C24H22N4O4/c1-3-32-24(30)20-15-26-28-21(10-11-25-23(20)28)17-7-5-8-18(14-17)27-22(29)13-16-6-4-9-19(12-16)31-2/h4-12,14-15H,3,13H2,1-2H3,(H,27,29). The number of carbonyl (C=O) groups excluding carboxylic acids is 2. The molecule has 0 spiro atoms. The zero-order chi connectivity index (χ0) is 22.5. The molecular weight excluding hydrogens is 408 g/mol. The minimum Gasteiger partial charge on any atom is -0.497 e. The van der Waals surface area contributed by atoms with Crippen molar-refractivity contribution in [3.8, 4) is 17.0 Å². The van der Waals surface area contributed by atoms with E-state index in [1.54, 1.807) is 30.8 Å². The SMILES string of the molecule is CCOC(=O)c1cnn2c(-c3cccc(NC(=O)Cc4cccc(OC)c4)c3)ccnc12. The van der Waals surface area contributed by atoms with Gasteiger partial charge >= 0.3 is 5.97 Å². The molecule has 2 aromatic carbocycles. The van der Waals surface area contributed by atoms with Crippen molar-refractivity contribution in [1.29, 1.82) is 0 Å². The van der Waals surface area contributed by atoms with Crippen LogP contribution in [-0.4, -0.2) is 40.2 Å². The highest BCUT2D eigenvalue weighted by Crippen LogP contribution is 2.24. The third kappa shape index (κ3) is 4.44. The molecule has 2 aromatic heterocycles. The fourth-order valence-electron chi connectivity index (χ4n) is 3.39. The number of ether oxygens (including phenoxy) is 2. The predicted molar refractivity (Wildman–Crippen MR) is 120 cm³/mol. The minimum atomic E-state index is -0.467. The smallest absolute Gasteiger partial charge is 0.343 e. The summed E-state index contributed by atoms with van der Waals surface area (Å²) < 4.78 is 11.9. The number of esters is 1. The van der Waals surface area contributed by atoms with Gasteiger partial charge in [0, 0.05) is 17.4 Å². The molecule has 162 valence electrons. The maximum absolute atomic E-state index is 12.6. The monoisotopic (exact) mass is 430 g/mol. The molecule has 0 aliphatic carbocycles. The summed E-state index contributed by atoms with van der Waals surface area (Å²) >= 11 is 0. The van der Waals surface area contributed by atoms with E-state index in [0.717, 1.165) is 16.8 Å². The van der Waals surface area contributed by atoms with E-state index in [9.17, 15) is 9.59 Å². The second-order valence-corrected chi connectivity index (χ2v) is 7.00. The molecule has 0 atom stereocenters. The Labute approximate surface area is 184 Å². The van der Waals surface area contributed by atoms with Crippen molar-refractivity contribution in [3.05, 3.63) is 78.1 Å². The second-order valence-electron chi connectivity index (χ2n) is 7.00. The van der Waals surface area contributed by atoms with Gasteiger partial charge in [-0.3, -0.25) is 4.79 Å². The van der Waals surface area contributed by atoms with Crippen molar-refractivity contribution < 1.29 is 19.1 Å². The van der Waals surface area contributed by atoms with Crippen LogP contribution in [-0.2, 0) is 16.0 Å². The van der Waals surface area contributed by atoms with Crippen molar-refractivity contribution in [2.45, 2.75) is 13.3 Å². The number of anilines is 1. The number of aromatic nitrogens is 3. The first-order valence-corrected chi connectivity index (χ1v) is 10.1. The van der Waals surface area contributed by atoms with Crippen molar-refractivity contribution in [2.24, 2.45) is 0 Å². The molecule has 8 nitrogen and oxygen atoms in total. The molecule has 0 saturated heterocycles. The molecule has 0 radical (unpaired) electrons. The minimum absolute atomic E-state index is 0.140.